The van der Waals surface area contributed by atoms with Crippen molar-refractivity contribution in [3.05, 3.63) is 35.9 Å². The summed E-state index contributed by atoms with van der Waals surface area (Å²) in [5.74, 6) is 0. The maximum atomic E-state index is 4.47. The Balaban J connectivity index is 0.000000921. The predicted molar refractivity (Wildman–Crippen MR) is 68.4 cm³/mol. The number of aliphatic imine (C=N–C) groups is 1. The van der Waals surface area contributed by atoms with Crippen molar-refractivity contribution < 1.29 is 0 Å². The molecule has 0 aliphatic heterocycles. The van der Waals surface area contributed by atoms with Crippen molar-refractivity contribution in [1.82, 2.24) is 5.32 Å². The summed E-state index contributed by atoms with van der Waals surface area (Å²) in [6, 6.07) is 10.2. The lowest BCUT2D eigenvalue weighted by Gasteiger charge is -2.11. The predicted octanol–water partition coefficient (Wildman–Crippen LogP) is 3.41. The van der Waals surface area contributed by atoms with Crippen LogP contribution in [-0.4, -0.2) is 12.8 Å². The Morgan fingerprint density at radius 2 is 1.67 bits per heavy atom. The Kier molecular flexibility index (Phi) is 7.56. The summed E-state index contributed by atoms with van der Waals surface area (Å²) in [5.41, 5.74) is 2.29. The highest BCUT2D eigenvalue weighted by Gasteiger charge is 2.04. The van der Waals surface area contributed by atoms with Gasteiger partial charge in [0, 0.05) is 5.71 Å². The molecule has 1 unspecified atom stereocenters. The zero-order valence-electron chi connectivity index (χ0n) is 10.4. The van der Waals surface area contributed by atoms with Gasteiger partial charge in [-0.05, 0) is 26.5 Å². The van der Waals surface area contributed by atoms with Gasteiger partial charge in [-0.2, -0.15) is 0 Å². The summed E-state index contributed by atoms with van der Waals surface area (Å²) < 4.78 is 0. The molecule has 2 nitrogen and oxygen atoms in total. The van der Waals surface area contributed by atoms with Crippen LogP contribution in [0.25, 0.3) is 0 Å². The minimum Gasteiger partial charge on any atom is -0.295 e. The number of hydrogen-bond acceptors (Lipinski definition) is 2. The van der Waals surface area contributed by atoms with Gasteiger partial charge in [-0.15, -0.1) is 0 Å². The summed E-state index contributed by atoms with van der Waals surface area (Å²) in [5, 5.41) is 3.16. The molecule has 0 saturated carbocycles. The molecule has 1 aromatic rings. The number of nitrogens with one attached hydrogen (secondary N) is 1. The Bertz CT molecular complexity index is 274. The zero-order valence-corrected chi connectivity index (χ0v) is 10.4. The second kappa shape index (κ2) is 8.18. The van der Waals surface area contributed by atoms with Gasteiger partial charge in [-0.25, -0.2) is 0 Å². The standard InChI is InChI=1S/C11H16N2.C2H6/c1-9(2)13-11(12-3)10-7-5-4-6-8-10;1-2/h4-8,11-12H,1-3H3;1-2H3. The van der Waals surface area contributed by atoms with E-state index >= 15 is 0 Å². The van der Waals surface area contributed by atoms with E-state index in [4.69, 9.17) is 0 Å². The van der Waals surface area contributed by atoms with Crippen LogP contribution in [0.2, 0.25) is 0 Å². The molecule has 0 bridgehead atoms. The quantitative estimate of drug-likeness (QED) is 0.753. The molecule has 0 fully saturated rings. The van der Waals surface area contributed by atoms with Crippen LogP contribution in [0, 0.1) is 0 Å². The van der Waals surface area contributed by atoms with Gasteiger partial charge in [0.1, 0.15) is 6.17 Å². The molecule has 0 amide bonds. The largest absolute Gasteiger partial charge is 0.295 e. The average Bonchev–Trinajstić information content (AvgIpc) is 2.29. The molecule has 15 heavy (non-hydrogen) atoms. The third kappa shape index (κ3) is 5.33. The molecule has 1 atom stereocenters. The van der Waals surface area contributed by atoms with Gasteiger partial charge in [0.15, 0.2) is 0 Å². The van der Waals surface area contributed by atoms with E-state index in [1.165, 1.54) is 5.56 Å². The van der Waals surface area contributed by atoms with Crippen LogP contribution >= 0.6 is 0 Å². The fourth-order valence-corrected chi connectivity index (χ4v) is 1.20. The summed E-state index contributed by atoms with van der Waals surface area (Å²) in [4.78, 5) is 4.47. The van der Waals surface area contributed by atoms with E-state index in [9.17, 15) is 0 Å². The van der Waals surface area contributed by atoms with Crippen LogP contribution in [0.5, 0.6) is 0 Å². The minimum absolute atomic E-state index is 0.0891. The van der Waals surface area contributed by atoms with Crippen molar-refractivity contribution in [1.29, 1.82) is 0 Å². The molecule has 0 radical (unpaired) electrons. The van der Waals surface area contributed by atoms with Crippen molar-refractivity contribution in [2.45, 2.75) is 33.9 Å². The van der Waals surface area contributed by atoms with E-state index in [0.717, 1.165) is 5.71 Å². The van der Waals surface area contributed by atoms with E-state index in [0.29, 0.717) is 0 Å². The smallest absolute Gasteiger partial charge is 0.125 e. The average molecular weight is 206 g/mol. The van der Waals surface area contributed by atoms with Gasteiger partial charge in [0.2, 0.25) is 0 Å². The molecule has 0 aliphatic carbocycles. The van der Waals surface area contributed by atoms with Gasteiger partial charge < -0.3 is 0 Å². The molecule has 2 heteroatoms. The second-order valence-corrected chi connectivity index (χ2v) is 3.18. The van der Waals surface area contributed by atoms with E-state index in [1.807, 2.05) is 52.9 Å². The Labute approximate surface area is 93.4 Å². The van der Waals surface area contributed by atoms with E-state index in [2.05, 4.69) is 22.4 Å². The number of rotatable bonds is 3. The lowest BCUT2D eigenvalue weighted by atomic mass is 10.2. The Morgan fingerprint density at radius 1 is 1.13 bits per heavy atom. The third-order valence-electron chi connectivity index (χ3n) is 1.78. The van der Waals surface area contributed by atoms with E-state index < -0.39 is 0 Å². The van der Waals surface area contributed by atoms with Gasteiger partial charge in [0.25, 0.3) is 0 Å². The lowest BCUT2D eigenvalue weighted by Crippen LogP contribution is -2.14. The number of nitrogens with zero attached hydrogens (tertiary/aromatic N) is 1. The first kappa shape index (κ1) is 13.8. The summed E-state index contributed by atoms with van der Waals surface area (Å²) in [6.07, 6.45) is 0.0891. The van der Waals surface area contributed by atoms with E-state index in [1.54, 1.807) is 0 Å². The highest BCUT2D eigenvalue weighted by Crippen LogP contribution is 2.13. The number of benzene rings is 1. The normalized spacial score (nSPS) is 11.0. The van der Waals surface area contributed by atoms with Gasteiger partial charge in [-0.1, -0.05) is 44.2 Å². The van der Waals surface area contributed by atoms with Gasteiger partial charge in [-0.3, -0.25) is 10.3 Å². The van der Waals surface area contributed by atoms with Gasteiger partial charge in [0.05, 0.1) is 0 Å². The van der Waals surface area contributed by atoms with Crippen LogP contribution in [-0.2, 0) is 0 Å². The fraction of sp³-hybridized carbons (Fsp3) is 0.462. The summed E-state index contributed by atoms with van der Waals surface area (Å²) in [6.45, 7) is 8.01. The van der Waals surface area contributed by atoms with Crippen molar-refractivity contribution >= 4 is 5.71 Å². The summed E-state index contributed by atoms with van der Waals surface area (Å²) in [7, 11) is 1.92. The highest BCUT2D eigenvalue weighted by molar-refractivity contribution is 5.79. The van der Waals surface area contributed by atoms with Crippen molar-refractivity contribution in [2.24, 2.45) is 4.99 Å². The molecule has 0 aromatic heterocycles. The maximum absolute atomic E-state index is 4.47. The van der Waals surface area contributed by atoms with Crippen LogP contribution < -0.4 is 5.32 Å². The maximum Gasteiger partial charge on any atom is 0.125 e. The molecule has 0 spiro atoms. The first-order valence-electron chi connectivity index (χ1n) is 5.47. The number of hydrogen-bond donors (Lipinski definition) is 1. The second-order valence-electron chi connectivity index (χ2n) is 3.18. The van der Waals surface area contributed by atoms with E-state index in [-0.39, 0.29) is 6.17 Å². The minimum atomic E-state index is 0.0891. The zero-order chi connectivity index (χ0) is 11.7. The van der Waals surface area contributed by atoms with Gasteiger partial charge >= 0.3 is 0 Å². The first-order chi connectivity index (χ1) is 7.24. The molecule has 0 aliphatic rings. The van der Waals surface area contributed by atoms with Crippen molar-refractivity contribution in [2.75, 3.05) is 7.05 Å². The molecular formula is C13H22N2. The lowest BCUT2D eigenvalue weighted by molar-refractivity contribution is 0.624. The topological polar surface area (TPSA) is 24.4 Å². The SMILES string of the molecule is CC.CNC(N=C(C)C)c1ccccc1. The third-order valence-corrected chi connectivity index (χ3v) is 1.78. The highest BCUT2D eigenvalue weighted by atomic mass is 15.0. The molecule has 1 aromatic carbocycles. The monoisotopic (exact) mass is 206 g/mol. The van der Waals surface area contributed by atoms with Crippen LogP contribution in [0.1, 0.15) is 39.4 Å². The molecule has 1 N–H and O–H groups in total. The molecule has 0 heterocycles. The molecule has 1 rings (SSSR count). The molecular weight excluding hydrogens is 184 g/mol. The van der Waals surface area contributed by atoms with Crippen LogP contribution in [0.15, 0.2) is 35.3 Å². The van der Waals surface area contributed by atoms with Crippen LogP contribution in [0.3, 0.4) is 0 Å². The van der Waals surface area contributed by atoms with Crippen molar-refractivity contribution in [3.63, 3.8) is 0 Å². The van der Waals surface area contributed by atoms with Crippen LogP contribution in [0.4, 0.5) is 0 Å². The Hall–Kier alpha value is -1.15. The molecule has 0 saturated heterocycles. The van der Waals surface area contributed by atoms with Crippen molar-refractivity contribution in [3.8, 4) is 0 Å². The fourth-order valence-electron chi connectivity index (χ4n) is 1.20. The first-order valence-corrected chi connectivity index (χ1v) is 5.47. The molecule has 84 valence electrons. The summed E-state index contributed by atoms with van der Waals surface area (Å²) >= 11 is 0. The Morgan fingerprint density at radius 3 is 2.07 bits per heavy atom.